The zero-order chi connectivity index (χ0) is 9.90. The normalized spacial score (nSPS) is 15.4. The summed E-state index contributed by atoms with van der Waals surface area (Å²) in [6.07, 6.45) is 3.84. The van der Waals surface area contributed by atoms with Crippen LogP contribution in [0.15, 0.2) is 12.5 Å². The summed E-state index contributed by atoms with van der Waals surface area (Å²) in [6, 6.07) is 0. The van der Waals surface area contributed by atoms with Crippen LogP contribution < -0.4 is 5.73 Å². The maximum absolute atomic E-state index is 8.98. The lowest BCUT2D eigenvalue weighted by Crippen LogP contribution is -2.42. The smallest absolute Gasteiger partial charge is 0.115 e. The summed E-state index contributed by atoms with van der Waals surface area (Å²) in [5, 5.41) is 8.98. The first-order valence-corrected chi connectivity index (χ1v) is 4.20. The number of hydrogen-bond donors (Lipinski definition) is 2. The molecule has 4 nitrogen and oxygen atoms in total. The summed E-state index contributed by atoms with van der Waals surface area (Å²) >= 11 is 0. The molecule has 4 heteroatoms. The Morgan fingerprint density at radius 2 is 2.31 bits per heavy atom. The Labute approximate surface area is 77.8 Å². The molecule has 0 amide bonds. The van der Waals surface area contributed by atoms with Gasteiger partial charge >= 0.3 is 0 Å². The average Bonchev–Trinajstić information content (AvgIpc) is 2.09. The van der Waals surface area contributed by atoms with Gasteiger partial charge in [-0.3, -0.25) is 0 Å². The molecule has 0 saturated heterocycles. The van der Waals surface area contributed by atoms with Gasteiger partial charge < -0.3 is 10.8 Å². The number of aryl methyl sites for hydroxylation is 1. The monoisotopic (exact) mass is 181 g/mol. The molecule has 0 aliphatic heterocycles. The first-order valence-electron chi connectivity index (χ1n) is 4.20. The molecule has 1 aromatic rings. The fraction of sp³-hybridized carbons (Fsp3) is 0.556. The van der Waals surface area contributed by atoms with Gasteiger partial charge in [-0.25, -0.2) is 9.97 Å². The second-order valence-corrected chi connectivity index (χ2v) is 3.62. The van der Waals surface area contributed by atoms with Crippen LogP contribution in [-0.4, -0.2) is 27.2 Å². The van der Waals surface area contributed by atoms with E-state index in [4.69, 9.17) is 10.8 Å². The van der Waals surface area contributed by atoms with E-state index < -0.39 is 5.54 Å². The zero-order valence-corrected chi connectivity index (χ0v) is 7.99. The standard InChI is InChI=1S/C9H15N3O/c1-7-8(4-11-6-12-7)3-9(2,10)5-13/h4,6,13H,3,5,10H2,1-2H3. The molecule has 0 aromatic carbocycles. The van der Waals surface area contributed by atoms with E-state index in [0.29, 0.717) is 6.42 Å². The highest BCUT2D eigenvalue weighted by Gasteiger charge is 2.18. The van der Waals surface area contributed by atoms with Gasteiger partial charge in [0.15, 0.2) is 0 Å². The molecule has 1 aromatic heterocycles. The van der Waals surface area contributed by atoms with E-state index in [2.05, 4.69) is 9.97 Å². The number of aromatic nitrogens is 2. The first kappa shape index (κ1) is 10.1. The van der Waals surface area contributed by atoms with E-state index in [-0.39, 0.29) is 6.61 Å². The molecule has 0 bridgehead atoms. The fourth-order valence-electron chi connectivity index (χ4n) is 1.08. The van der Waals surface area contributed by atoms with Crippen molar-refractivity contribution in [2.75, 3.05) is 6.61 Å². The Kier molecular flexibility index (Phi) is 2.95. The molecule has 0 radical (unpaired) electrons. The second-order valence-electron chi connectivity index (χ2n) is 3.62. The van der Waals surface area contributed by atoms with Gasteiger partial charge in [-0.1, -0.05) is 0 Å². The highest BCUT2D eigenvalue weighted by molar-refractivity contribution is 5.17. The quantitative estimate of drug-likeness (QED) is 0.690. The van der Waals surface area contributed by atoms with Crippen molar-refractivity contribution < 1.29 is 5.11 Å². The van der Waals surface area contributed by atoms with Crippen LogP contribution in [0.3, 0.4) is 0 Å². The van der Waals surface area contributed by atoms with E-state index >= 15 is 0 Å². The number of rotatable bonds is 3. The van der Waals surface area contributed by atoms with E-state index in [9.17, 15) is 0 Å². The third-order valence-electron chi connectivity index (χ3n) is 1.97. The lowest BCUT2D eigenvalue weighted by Gasteiger charge is -2.21. The highest BCUT2D eigenvalue weighted by atomic mass is 16.3. The Morgan fingerprint density at radius 1 is 1.62 bits per heavy atom. The lowest BCUT2D eigenvalue weighted by atomic mass is 9.95. The van der Waals surface area contributed by atoms with Crippen molar-refractivity contribution in [2.24, 2.45) is 5.73 Å². The predicted octanol–water partition coefficient (Wildman–Crippen LogP) is 0.0372. The third kappa shape index (κ3) is 2.75. The summed E-state index contributed by atoms with van der Waals surface area (Å²) in [5.74, 6) is 0. The van der Waals surface area contributed by atoms with Crippen LogP contribution >= 0.6 is 0 Å². The number of aliphatic hydroxyl groups is 1. The summed E-state index contributed by atoms with van der Waals surface area (Å²) in [7, 11) is 0. The highest BCUT2D eigenvalue weighted by Crippen LogP contribution is 2.11. The van der Waals surface area contributed by atoms with Crippen LogP contribution in [0.5, 0.6) is 0 Å². The van der Waals surface area contributed by atoms with E-state index in [1.807, 2.05) is 6.92 Å². The van der Waals surface area contributed by atoms with Crippen molar-refractivity contribution in [3.8, 4) is 0 Å². The maximum Gasteiger partial charge on any atom is 0.115 e. The Balaban J connectivity index is 2.80. The molecule has 0 aliphatic carbocycles. The first-order chi connectivity index (χ1) is 6.05. The molecule has 1 atom stereocenters. The Bertz CT molecular complexity index is 286. The van der Waals surface area contributed by atoms with Crippen molar-refractivity contribution in [1.29, 1.82) is 0 Å². The van der Waals surface area contributed by atoms with Crippen LogP contribution in [0.1, 0.15) is 18.2 Å². The van der Waals surface area contributed by atoms with E-state index in [0.717, 1.165) is 11.3 Å². The molecule has 13 heavy (non-hydrogen) atoms. The van der Waals surface area contributed by atoms with Gasteiger partial charge in [0.25, 0.3) is 0 Å². The molecule has 1 unspecified atom stereocenters. The molecule has 0 fully saturated rings. The minimum Gasteiger partial charge on any atom is -0.394 e. The van der Waals surface area contributed by atoms with Gasteiger partial charge in [-0.2, -0.15) is 0 Å². The van der Waals surface area contributed by atoms with Crippen molar-refractivity contribution in [3.63, 3.8) is 0 Å². The summed E-state index contributed by atoms with van der Waals surface area (Å²) in [4.78, 5) is 7.96. The third-order valence-corrected chi connectivity index (χ3v) is 1.97. The van der Waals surface area contributed by atoms with Crippen molar-refractivity contribution in [3.05, 3.63) is 23.8 Å². The minimum atomic E-state index is -0.588. The maximum atomic E-state index is 8.98. The molecule has 72 valence electrons. The predicted molar refractivity (Wildman–Crippen MR) is 50.2 cm³/mol. The molecule has 1 heterocycles. The van der Waals surface area contributed by atoms with Crippen molar-refractivity contribution in [1.82, 2.24) is 9.97 Å². The summed E-state index contributed by atoms with van der Waals surface area (Å²) in [6.45, 7) is 3.67. The Morgan fingerprint density at radius 3 is 2.85 bits per heavy atom. The lowest BCUT2D eigenvalue weighted by molar-refractivity contribution is 0.208. The molecular formula is C9H15N3O. The number of nitrogens with zero attached hydrogens (tertiary/aromatic N) is 2. The molecule has 0 saturated carbocycles. The van der Waals surface area contributed by atoms with Gasteiger partial charge in [0.05, 0.1) is 6.61 Å². The zero-order valence-electron chi connectivity index (χ0n) is 7.99. The van der Waals surface area contributed by atoms with E-state index in [1.54, 1.807) is 13.1 Å². The van der Waals surface area contributed by atoms with Crippen LogP contribution in [0.25, 0.3) is 0 Å². The summed E-state index contributed by atoms with van der Waals surface area (Å²) in [5.41, 5.74) is 7.13. The van der Waals surface area contributed by atoms with Crippen molar-refractivity contribution in [2.45, 2.75) is 25.8 Å². The van der Waals surface area contributed by atoms with Gasteiger partial charge in [-0.05, 0) is 25.8 Å². The van der Waals surface area contributed by atoms with Crippen LogP contribution in [0, 0.1) is 6.92 Å². The van der Waals surface area contributed by atoms with Gasteiger partial charge in [0.2, 0.25) is 0 Å². The van der Waals surface area contributed by atoms with Crippen LogP contribution in [0.2, 0.25) is 0 Å². The molecule has 0 spiro atoms. The molecule has 0 aliphatic rings. The second kappa shape index (κ2) is 3.81. The topological polar surface area (TPSA) is 72.0 Å². The fourth-order valence-corrected chi connectivity index (χ4v) is 1.08. The number of aliphatic hydroxyl groups excluding tert-OH is 1. The van der Waals surface area contributed by atoms with Gasteiger partial charge in [0, 0.05) is 17.4 Å². The van der Waals surface area contributed by atoms with E-state index in [1.165, 1.54) is 6.33 Å². The Hall–Kier alpha value is -1.00. The number of hydrogen-bond acceptors (Lipinski definition) is 4. The summed E-state index contributed by atoms with van der Waals surface area (Å²) < 4.78 is 0. The molecular weight excluding hydrogens is 166 g/mol. The van der Waals surface area contributed by atoms with Crippen LogP contribution in [0.4, 0.5) is 0 Å². The van der Waals surface area contributed by atoms with Crippen molar-refractivity contribution >= 4 is 0 Å². The van der Waals surface area contributed by atoms with Gasteiger partial charge in [0.1, 0.15) is 6.33 Å². The van der Waals surface area contributed by atoms with Crippen LogP contribution in [-0.2, 0) is 6.42 Å². The number of nitrogens with two attached hydrogens (primary N) is 1. The molecule has 1 rings (SSSR count). The average molecular weight is 181 g/mol. The minimum absolute atomic E-state index is 0.0403. The largest absolute Gasteiger partial charge is 0.394 e. The molecule has 3 N–H and O–H groups in total. The SMILES string of the molecule is Cc1ncncc1CC(C)(N)CO. The van der Waals surface area contributed by atoms with Gasteiger partial charge in [-0.15, -0.1) is 0 Å².